The summed E-state index contributed by atoms with van der Waals surface area (Å²) in [5.41, 5.74) is -1.03. The molecule has 1 aliphatic rings. The Hall–Kier alpha value is -3.57. The molecule has 0 N–H and O–H groups in total. The molecule has 4 rings (SSSR count). The molecule has 1 fully saturated rings. The van der Waals surface area contributed by atoms with Crippen molar-refractivity contribution in [1.29, 1.82) is 0 Å². The number of carbonyl (C=O) groups is 1. The number of carbonyl (C=O) groups excluding carboxylic acids is 1. The van der Waals surface area contributed by atoms with Crippen LogP contribution < -0.4 is 0 Å². The van der Waals surface area contributed by atoms with Crippen LogP contribution in [0.25, 0.3) is 11.4 Å². The highest BCUT2D eigenvalue weighted by atomic mass is 19.4. The van der Waals surface area contributed by atoms with Crippen LogP contribution in [0.2, 0.25) is 0 Å². The molecule has 178 valence electrons. The minimum Gasteiger partial charge on any atom is -0.329 e. The Morgan fingerprint density at radius 2 is 1.76 bits per heavy atom. The molecule has 0 spiro atoms. The van der Waals surface area contributed by atoms with Crippen LogP contribution in [0, 0.1) is 5.82 Å². The molecule has 3 aromatic rings. The molecule has 2 aromatic heterocycles. The van der Waals surface area contributed by atoms with Crippen molar-refractivity contribution < 1.29 is 31.1 Å². The molecule has 0 unspecified atom stereocenters. The average molecular weight is 481 g/mol. The summed E-state index contributed by atoms with van der Waals surface area (Å²) >= 11 is 0. The molecule has 1 aromatic carbocycles. The van der Waals surface area contributed by atoms with E-state index in [0.29, 0.717) is 12.4 Å². The quantitative estimate of drug-likeness (QED) is 0.499. The summed E-state index contributed by atoms with van der Waals surface area (Å²) in [6.07, 6.45) is -1.67. The van der Waals surface area contributed by atoms with Gasteiger partial charge in [-0.05, 0) is 30.7 Å². The van der Waals surface area contributed by atoms with E-state index in [9.17, 15) is 31.1 Å². The van der Waals surface area contributed by atoms with Crippen molar-refractivity contribution in [3.63, 3.8) is 0 Å². The first-order valence-electron chi connectivity index (χ1n) is 10.2. The first kappa shape index (κ1) is 23.6. The molecule has 12 heteroatoms. The van der Waals surface area contributed by atoms with Crippen molar-refractivity contribution in [2.75, 3.05) is 6.54 Å². The van der Waals surface area contributed by atoms with Crippen LogP contribution in [0.1, 0.15) is 34.6 Å². The van der Waals surface area contributed by atoms with Crippen molar-refractivity contribution in [1.82, 2.24) is 24.8 Å². The van der Waals surface area contributed by atoms with E-state index in [1.54, 1.807) is 0 Å². The van der Waals surface area contributed by atoms with Gasteiger partial charge in [-0.3, -0.25) is 4.79 Å². The Bertz CT molecular complexity index is 1170. The number of amides is 1. The third-order valence-corrected chi connectivity index (χ3v) is 5.50. The van der Waals surface area contributed by atoms with E-state index in [4.69, 9.17) is 0 Å². The number of aryl methyl sites for hydroxylation is 1. The van der Waals surface area contributed by atoms with E-state index in [-0.39, 0.29) is 42.2 Å². The molecular formula is C22H17F6N5O. The molecule has 3 heterocycles. The Morgan fingerprint density at radius 3 is 2.41 bits per heavy atom. The fourth-order valence-electron chi connectivity index (χ4n) is 3.81. The van der Waals surface area contributed by atoms with E-state index in [2.05, 4.69) is 19.9 Å². The van der Waals surface area contributed by atoms with E-state index < -0.39 is 41.8 Å². The molecule has 0 bridgehead atoms. The predicted molar refractivity (Wildman–Crippen MR) is 107 cm³/mol. The monoisotopic (exact) mass is 481 g/mol. The number of rotatable bonds is 5. The Balaban J connectivity index is 1.57. The van der Waals surface area contributed by atoms with Crippen molar-refractivity contribution in [2.45, 2.75) is 37.4 Å². The topological polar surface area (TPSA) is 71.9 Å². The number of benzene rings is 1. The zero-order chi connectivity index (χ0) is 24.5. The Kier molecular flexibility index (Phi) is 6.24. The zero-order valence-corrected chi connectivity index (χ0v) is 17.4. The molecule has 34 heavy (non-hydrogen) atoms. The fraction of sp³-hybridized carbons (Fsp3) is 0.318. The van der Waals surface area contributed by atoms with Crippen LogP contribution in [0.5, 0.6) is 0 Å². The molecule has 0 saturated carbocycles. The lowest BCUT2D eigenvalue weighted by atomic mass is 10.0. The van der Waals surface area contributed by atoms with Gasteiger partial charge in [0.2, 0.25) is 0 Å². The average Bonchev–Trinajstić information content (AvgIpc) is 3.11. The number of halogens is 6. The number of aromatic nitrogens is 4. The van der Waals surface area contributed by atoms with Crippen molar-refractivity contribution in [2.24, 2.45) is 0 Å². The fourth-order valence-corrected chi connectivity index (χ4v) is 3.81. The van der Waals surface area contributed by atoms with Gasteiger partial charge in [-0.25, -0.2) is 33.1 Å². The third-order valence-electron chi connectivity index (χ3n) is 5.50. The first-order valence-corrected chi connectivity index (χ1v) is 10.2. The Labute approximate surface area is 189 Å². The van der Waals surface area contributed by atoms with Gasteiger partial charge in [0.25, 0.3) is 11.8 Å². The van der Waals surface area contributed by atoms with Gasteiger partial charge in [-0.15, -0.1) is 0 Å². The van der Waals surface area contributed by atoms with Crippen LogP contribution in [-0.4, -0.2) is 49.3 Å². The standard InChI is InChI=1S/C22H17F6N5O/c23-14-2-3-15(16(10-14)19-29-7-1-8-30-19)20(34)33-9-6-21(24,25)17(33)4-5-18-31-11-13(12-32-18)22(26,27)28/h1-3,7-8,10-12,17H,4-6,9H2/t17-/m1/s1. The van der Waals surface area contributed by atoms with Crippen LogP contribution in [-0.2, 0) is 12.6 Å². The third kappa shape index (κ3) is 4.85. The van der Waals surface area contributed by atoms with E-state index in [0.717, 1.165) is 17.0 Å². The molecule has 1 atom stereocenters. The Morgan fingerprint density at radius 1 is 1.09 bits per heavy atom. The number of hydrogen-bond acceptors (Lipinski definition) is 5. The second kappa shape index (κ2) is 8.99. The molecule has 1 saturated heterocycles. The highest BCUT2D eigenvalue weighted by molar-refractivity contribution is 6.00. The number of likely N-dealkylation sites (tertiary alicyclic amines) is 1. The number of hydrogen-bond donors (Lipinski definition) is 0. The number of alkyl halides is 5. The van der Waals surface area contributed by atoms with E-state index in [1.165, 1.54) is 24.5 Å². The van der Waals surface area contributed by atoms with Gasteiger partial charge in [-0.1, -0.05) is 0 Å². The molecular weight excluding hydrogens is 464 g/mol. The molecule has 0 radical (unpaired) electrons. The zero-order valence-electron chi connectivity index (χ0n) is 17.4. The van der Waals surface area contributed by atoms with Crippen molar-refractivity contribution in [3.8, 4) is 11.4 Å². The number of nitrogens with zero attached hydrogens (tertiary/aromatic N) is 5. The van der Waals surface area contributed by atoms with Crippen LogP contribution in [0.3, 0.4) is 0 Å². The summed E-state index contributed by atoms with van der Waals surface area (Å²) in [5.74, 6) is -4.63. The summed E-state index contributed by atoms with van der Waals surface area (Å²) in [6.45, 7) is -0.253. The van der Waals surface area contributed by atoms with Gasteiger partial charge in [0.15, 0.2) is 5.82 Å². The second-order valence-corrected chi connectivity index (χ2v) is 7.71. The first-order chi connectivity index (χ1) is 16.1. The largest absolute Gasteiger partial charge is 0.419 e. The summed E-state index contributed by atoms with van der Waals surface area (Å²) in [5, 5.41) is 0. The maximum absolute atomic E-state index is 14.7. The van der Waals surface area contributed by atoms with Crippen LogP contribution in [0.4, 0.5) is 26.3 Å². The molecule has 1 amide bonds. The minimum absolute atomic E-state index is 0.0407. The van der Waals surface area contributed by atoms with Gasteiger partial charge in [0.1, 0.15) is 11.6 Å². The lowest BCUT2D eigenvalue weighted by molar-refractivity contribution is -0.138. The molecule has 6 nitrogen and oxygen atoms in total. The highest BCUT2D eigenvalue weighted by Crippen LogP contribution is 2.38. The highest BCUT2D eigenvalue weighted by Gasteiger charge is 2.50. The van der Waals surface area contributed by atoms with Crippen LogP contribution >= 0.6 is 0 Å². The van der Waals surface area contributed by atoms with Crippen molar-refractivity contribution in [3.05, 3.63) is 71.8 Å². The lowest BCUT2D eigenvalue weighted by Gasteiger charge is -2.28. The van der Waals surface area contributed by atoms with E-state index in [1.807, 2.05) is 0 Å². The van der Waals surface area contributed by atoms with Crippen LogP contribution in [0.15, 0.2) is 49.1 Å². The second-order valence-electron chi connectivity index (χ2n) is 7.71. The lowest BCUT2D eigenvalue weighted by Crippen LogP contribution is -2.43. The van der Waals surface area contributed by atoms with E-state index >= 15 is 0 Å². The smallest absolute Gasteiger partial charge is 0.329 e. The maximum atomic E-state index is 14.7. The summed E-state index contributed by atoms with van der Waals surface area (Å²) in [6, 6.07) is 3.28. The summed E-state index contributed by atoms with van der Waals surface area (Å²) in [4.78, 5) is 29.5. The van der Waals surface area contributed by atoms with Gasteiger partial charge >= 0.3 is 6.18 Å². The molecule has 1 aliphatic heterocycles. The molecule has 0 aliphatic carbocycles. The summed E-state index contributed by atoms with van der Waals surface area (Å²) < 4.78 is 81.3. The SMILES string of the molecule is O=C(c1ccc(F)cc1-c1ncccn1)N1CCC(F)(F)[C@H]1CCc1ncc(C(F)(F)F)cn1. The van der Waals surface area contributed by atoms with Gasteiger partial charge in [-0.2, -0.15) is 13.2 Å². The normalized spacial score (nSPS) is 17.7. The van der Waals surface area contributed by atoms with Gasteiger partial charge in [0, 0.05) is 49.7 Å². The van der Waals surface area contributed by atoms with Gasteiger partial charge in [0.05, 0.1) is 17.2 Å². The van der Waals surface area contributed by atoms with Gasteiger partial charge < -0.3 is 4.90 Å². The predicted octanol–water partition coefficient (Wildman–Crippen LogP) is 4.57. The maximum Gasteiger partial charge on any atom is 0.419 e. The summed E-state index contributed by atoms with van der Waals surface area (Å²) in [7, 11) is 0. The van der Waals surface area contributed by atoms with Crippen molar-refractivity contribution >= 4 is 5.91 Å². The minimum atomic E-state index is -4.62.